The molecule has 0 radical (unpaired) electrons. The van der Waals surface area contributed by atoms with Crippen LogP contribution in [0.15, 0.2) is 17.8 Å². The monoisotopic (exact) mass is 227 g/mol. The summed E-state index contributed by atoms with van der Waals surface area (Å²) in [6.45, 7) is 6.15. The van der Waals surface area contributed by atoms with E-state index in [-0.39, 0.29) is 11.7 Å². The van der Waals surface area contributed by atoms with Gasteiger partial charge in [-0.2, -0.15) is 0 Å². The van der Waals surface area contributed by atoms with Gasteiger partial charge in [0.25, 0.3) is 0 Å². The number of carbonyl (C=O) groups is 1. The largest absolute Gasteiger partial charge is 0.468 e. The van der Waals surface area contributed by atoms with Gasteiger partial charge in [0.15, 0.2) is 5.16 Å². The van der Waals surface area contributed by atoms with Crippen molar-refractivity contribution in [2.75, 3.05) is 12.9 Å². The van der Waals surface area contributed by atoms with Gasteiger partial charge in [-0.1, -0.05) is 17.8 Å². The highest BCUT2D eigenvalue weighted by molar-refractivity contribution is 7.99. The Labute approximate surface area is 92.5 Å². The van der Waals surface area contributed by atoms with E-state index >= 15 is 0 Å². The van der Waals surface area contributed by atoms with Crippen LogP contribution in [0.2, 0.25) is 0 Å². The summed E-state index contributed by atoms with van der Waals surface area (Å²) in [6, 6.07) is 0. The molecule has 5 nitrogen and oxygen atoms in total. The molecule has 0 unspecified atom stereocenters. The Hall–Kier alpha value is -1.30. The van der Waals surface area contributed by atoms with Crippen LogP contribution < -0.4 is 0 Å². The minimum atomic E-state index is -0.272. The Morgan fingerprint density at radius 3 is 3.00 bits per heavy atom. The van der Waals surface area contributed by atoms with E-state index in [9.17, 15) is 4.79 Å². The number of esters is 1. The van der Waals surface area contributed by atoms with Crippen molar-refractivity contribution >= 4 is 17.7 Å². The SMILES string of the molecule is C=CCn1c(C)nnc1SCC(=O)OC. The quantitative estimate of drug-likeness (QED) is 0.427. The number of hydrogen-bond donors (Lipinski definition) is 0. The number of ether oxygens (including phenoxy) is 1. The minimum absolute atomic E-state index is 0.242. The van der Waals surface area contributed by atoms with Gasteiger partial charge in [-0.3, -0.25) is 4.79 Å². The van der Waals surface area contributed by atoms with Crippen LogP contribution in [0.1, 0.15) is 5.82 Å². The lowest BCUT2D eigenvalue weighted by atomic mass is 10.6. The lowest BCUT2D eigenvalue weighted by Crippen LogP contribution is -2.06. The van der Waals surface area contributed by atoms with Gasteiger partial charge in [-0.05, 0) is 6.92 Å². The molecule has 0 aliphatic carbocycles. The Morgan fingerprint density at radius 1 is 1.67 bits per heavy atom. The topological polar surface area (TPSA) is 57.0 Å². The van der Waals surface area contributed by atoms with E-state index in [2.05, 4.69) is 21.5 Å². The van der Waals surface area contributed by atoms with Crippen LogP contribution in [0.3, 0.4) is 0 Å². The number of methoxy groups -OCH3 is 1. The van der Waals surface area contributed by atoms with Crippen molar-refractivity contribution < 1.29 is 9.53 Å². The number of carbonyl (C=O) groups excluding carboxylic acids is 1. The summed E-state index contributed by atoms with van der Waals surface area (Å²) in [4.78, 5) is 10.9. The number of allylic oxidation sites excluding steroid dienone is 1. The summed E-state index contributed by atoms with van der Waals surface area (Å²) >= 11 is 1.31. The van der Waals surface area contributed by atoms with Crippen LogP contribution >= 0.6 is 11.8 Å². The average Bonchev–Trinajstić information content (AvgIpc) is 2.58. The van der Waals surface area contributed by atoms with E-state index in [1.165, 1.54) is 18.9 Å². The first-order valence-corrected chi connectivity index (χ1v) is 5.38. The Bertz CT molecular complexity index is 362. The second-order valence-electron chi connectivity index (χ2n) is 2.79. The van der Waals surface area contributed by atoms with Gasteiger partial charge in [0.2, 0.25) is 0 Å². The second-order valence-corrected chi connectivity index (χ2v) is 3.74. The molecule has 1 aromatic heterocycles. The molecule has 0 aromatic carbocycles. The number of hydrogen-bond acceptors (Lipinski definition) is 5. The van der Waals surface area contributed by atoms with Gasteiger partial charge in [-0.15, -0.1) is 16.8 Å². The van der Waals surface area contributed by atoms with Crippen LogP contribution in [0, 0.1) is 6.92 Å². The van der Waals surface area contributed by atoms with Gasteiger partial charge in [0, 0.05) is 6.54 Å². The smallest absolute Gasteiger partial charge is 0.316 e. The van der Waals surface area contributed by atoms with Crippen molar-refractivity contribution in [1.29, 1.82) is 0 Å². The standard InChI is InChI=1S/C9H13N3O2S/c1-4-5-12-7(2)10-11-9(12)15-6-8(13)14-3/h4H,1,5-6H2,2-3H3. The number of nitrogens with zero attached hydrogens (tertiary/aromatic N) is 3. The maximum absolute atomic E-state index is 10.9. The fraction of sp³-hybridized carbons (Fsp3) is 0.444. The zero-order valence-electron chi connectivity index (χ0n) is 8.77. The van der Waals surface area contributed by atoms with Crippen LogP contribution in [-0.2, 0) is 16.1 Å². The predicted octanol–water partition coefficient (Wildman–Crippen LogP) is 1.04. The van der Waals surface area contributed by atoms with Gasteiger partial charge >= 0.3 is 5.97 Å². The summed E-state index contributed by atoms with van der Waals surface area (Å²) in [5.74, 6) is 0.777. The zero-order valence-corrected chi connectivity index (χ0v) is 9.58. The molecule has 0 amide bonds. The maximum Gasteiger partial charge on any atom is 0.316 e. The molecule has 6 heteroatoms. The number of aryl methyl sites for hydroxylation is 1. The molecule has 82 valence electrons. The molecule has 1 rings (SSSR count). The first-order valence-electron chi connectivity index (χ1n) is 4.39. The first-order chi connectivity index (χ1) is 7.19. The molecule has 0 aliphatic rings. The molecule has 1 aromatic rings. The summed E-state index contributed by atoms with van der Waals surface area (Å²) in [6.07, 6.45) is 1.76. The first kappa shape index (κ1) is 11.8. The van der Waals surface area contributed by atoms with E-state index in [1.807, 2.05) is 11.5 Å². The summed E-state index contributed by atoms with van der Waals surface area (Å²) in [5, 5.41) is 8.60. The van der Waals surface area contributed by atoms with Crippen molar-refractivity contribution in [3.63, 3.8) is 0 Å². The Balaban J connectivity index is 2.67. The molecule has 0 saturated heterocycles. The Morgan fingerprint density at radius 2 is 2.40 bits per heavy atom. The number of thioether (sulfide) groups is 1. The number of rotatable bonds is 5. The highest BCUT2D eigenvalue weighted by atomic mass is 32.2. The normalized spacial score (nSPS) is 10.0. The lowest BCUT2D eigenvalue weighted by molar-refractivity contribution is -0.137. The summed E-state index contributed by atoms with van der Waals surface area (Å²) in [5.41, 5.74) is 0. The van der Waals surface area contributed by atoms with Crippen molar-refractivity contribution in [3.05, 3.63) is 18.5 Å². The molecule has 1 heterocycles. The molecule has 0 atom stereocenters. The fourth-order valence-electron chi connectivity index (χ4n) is 0.990. The summed E-state index contributed by atoms with van der Waals surface area (Å²) < 4.78 is 6.43. The van der Waals surface area contributed by atoms with Gasteiger partial charge < -0.3 is 9.30 Å². The van der Waals surface area contributed by atoms with Gasteiger partial charge in [0.1, 0.15) is 5.82 Å². The average molecular weight is 227 g/mol. The van der Waals surface area contributed by atoms with E-state index in [0.29, 0.717) is 11.7 Å². The van der Waals surface area contributed by atoms with Crippen LogP contribution in [0.5, 0.6) is 0 Å². The molecule has 0 saturated carbocycles. The molecule has 15 heavy (non-hydrogen) atoms. The predicted molar refractivity (Wildman–Crippen MR) is 57.7 cm³/mol. The van der Waals surface area contributed by atoms with Crippen molar-refractivity contribution in [1.82, 2.24) is 14.8 Å². The molecule has 0 N–H and O–H groups in total. The third-order valence-electron chi connectivity index (χ3n) is 1.76. The van der Waals surface area contributed by atoms with Crippen LogP contribution in [0.4, 0.5) is 0 Å². The summed E-state index contributed by atoms with van der Waals surface area (Å²) in [7, 11) is 1.36. The minimum Gasteiger partial charge on any atom is -0.468 e. The Kier molecular flexibility index (Phi) is 4.36. The van der Waals surface area contributed by atoms with Crippen LogP contribution in [-0.4, -0.2) is 33.6 Å². The highest BCUT2D eigenvalue weighted by Gasteiger charge is 2.10. The molecular weight excluding hydrogens is 214 g/mol. The van der Waals surface area contributed by atoms with E-state index < -0.39 is 0 Å². The zero-order chi connectivity index (χ0) is 11.3. The van der Waals surface area contributed by atoms with Crippen molar-refractivity contribution in [3.8, 4) is 0 Å². The van der Waals surface area contributed by atoms with E-state index in [1.54, 1.807) is 6.08 Å². The van der Waals surface area contributed by atoms with Gasteiger partial charge in [-0.25, -0.2) is 0 Å². The van der Waals surface area contributed by atoms with E-state index in [4.69, 9.17) is 0 Å². The molecule has 0 aliphatic heterocycles. The third-order valence-corrected chi connectivity index (χ3v) is 2.70. The maximum atomic E-state index is 10.9. The second kappa shape index (κ2) is 5.55. The molecule has 0 bridgehead atoms. The molecular formula is C9H13N3O2S. The highest BCUT2D eigenvalue weighted by Crippen LogP contribution is 2.16. The molecule has 0 fully saturated rings. The van der Waals surface area contributed by atoms with Crippen LogP contribution in [0.25, 0.3) is 0 Å². The van der Waals surface area contributed by atoms with Crippen molar-refractivity contribution in [2.24, 2.45) is 0 Å². The lowest BCUT2D eigenvalue weighted by Gasteiger charge is -2.03. The third kappa shape index (κ3) is 3.09. The van der Waals surface area contributed by atoms with Gasteiger partial charge in [0.05, 0.1) is 12.9 Å². The fourth-order valence-corrected chi connectivity index (χ4v) is 1.82. The van der Waals surface area contributed by atoms with Crippen molar-refractivity contribution in [2.45, 2.75) is 18.6 Å². The molecule has 0 spiro atoms. The van der Waals surface area contributed by atoms with E-state index in [0.717, 1.165) is 5.82 Å². The number of aromatic nitrogens is 3.